The minimum atomic E-state index is -0.568. The molecule has 1 unspecified atom stereocenters. The molecule has 5 heteroatoms. The molecule has 2 aliphatic rings. The first kappa shape index (κ1) is 13.8. The summed E-state index contributed by atoms with van der Waals surface area (Å²) in [5, 5.41) is 0. The van der Waals surface area contributed by atoms with E-state index in [0.717, 1.165) is 41.8 Å². The van der Waals surface area contributed by atoms with Crippen molar-refractivity contribution in [3.8, 4) is 0 Å². The Morgan fingerprint density at radius 2 is 2.05 bits per heavy atom. The number of rotatable bonds is 2. The number of hydrogen-bond acceptors (Lipinski definition) is 4. The third-order valence-corrected chi connectivity index (χ3v) is 4.53. The smallest absolute Gasteiger partial charge is 0.181 e. The first-order valence-electron chi connectivity index (χ1n) is 6.88. The molecular weight excluding hydrogens is 318 g/mol. The summed E-state index contributed by atoms with van der Waals surface area (Å²) in [6, 6.07) is 8.21. The van der Waals surface area contributed by atoms with Crippen LogP contribution in [0.4, 0.5) is 0 Å². The maximum Gasteiger partial charge on any atom is 0.181 e. The van der Waals surface area contributed by atoms with Gasteiger partial charge in [0.15, 0.2) is 5.66 Å². The molecule has 106 valence electrons. The van der Waals surface area contributed by atoms with Crippen LogP contribution in [0.5, 0.6) is 0 Å². The van der Waals surface area contributed by atoms with E-state index in [-0.39, 0.29) is 0 Å². The molecule has 2 heterocycles. The summed E-state index contributed by atoms with van der Waals surface area (Å²) in [6.07, 6.45) is 1.92. The first-order chi connectivity index (χ1) is 9.62. The number of hydrogen-bond donors (Lipinski definition) is 1. The summed E-state index contributed by atoms with van der Waals surface area (Å²) >= 11 is 3.53. The van der Waals surface area contributed by atoms with Crippen molar-refractivity contribution in [2.24, 2.45) is 21.6 Å². The quantitative estimate of drug-likeness (QED) is 0.903. The van der Waals surface area contributed by atoms with Gasteiger partial charge in [-0.1, -0.05) is 28.1 Å². The lowest BCUT2D eigenvalue weighted by molar-refractivity contribution is 0.0403. The van der Waals surface area contributed by atoms with Crippen molar-refractivity contribution in [3.63, 3.8) is 0 Å². The zero-order chi connectivity index (χ0) is 14.2. The largest absolute Gasteiger partial charge is 0.382 e. The highest BCUT2D eigenvalue weighted by atomic mass is 79.9. The minimum Gasteiger partial charge on any atom is -0.382 e. The number of ether oxygens (including phenoxy) is 1. The monoisotopic (exact) mass is 335 g/mol. The SMILES string of the molecule is CC1=NC(c2cccc(Br)c2)(C2CCOCC2)N=C1N. The van der Waals surface area contributed by atoms with Crippen LogP contribution >= 0.6 is 15.9 Å². The van der Waals surface area contributed by atoms with Crippen LogP contribution < -0.4 is 5.73 Å². The normalized spacial score (nSPS) is 27.3. The van der Waals surface area contributed by atoms with Gasteiger partial charge in [-0.25, -0.2) is 4.99 Å². The van der Waals surface area contributed by atoms with Crippen LogP contribution in [0.15, 0.2) is 38.7 Å². The van der Waals surface area contributed by atoms with Crippen molar-refractivity contribution in [2.45, 2.75) is 25.4 Å². The van der Waals surface area contributed by atoms with Crippen LogP contribution in [-0.4, -0.2) is 24.8 Å². The summed E-state index contributed by atoms with van der Waals surface area (Å²) in [4.78, 5) is 9.60. The standard InChI is InChI=1S/C15H18BrN3O/c1-10-14(17)19-15(18-10,11-5-7-20-8-6-11)12-3-2-4-13(16)9-12/h2-4,9,11H,5-8H2,1H3,(H2,17,19). The van der Waals surface area contributed by atoms with Gasteiger partial charge in [0.05, 0.1) is 5.71 Å². The van der Waals surface area contributed by atoms with Gasteiger partial charge in [0.25, 0.3) is 0 Å². The highest BCUT2D eigenvalue weighted by molar-refractivity contribution is 9.10. The minimum absolute atomic E-state index is 0.335. The van der Waals surface area contributed by atoms with Crippen molar-refractivity contribution in [3.05, 3.63) is 34.3 Å². The Labute approximate surface area is 127 Å². The van der Waals surface area contributed by atoms with E-state index in [1.807, 2.05) is 19.1 Å². The molecule has 0 aliphatic carbocycles. The van der Waals surface area contributed by atoms with Gasteiger partial charge >= 0.3 is 0 Å². The van der Waals surface area contributed by atoms with Crippen molar-refractivity contribution in [2.75, 3.05) is 13.2 Å². The maximum absolute atomic E-state index is 6.01. The molecule has 0 bridgehead atoms. The number of halogens is 1. The van der Waals surface area contributed by atoms with Crippen molar-refractivity contribution in [1.82, 2.24) is 0 Å². The highest BCUT2D eigenvalue weighted by Gasteiger charge is 2.44. The Kier molecular flexibility index (Phi) is 3.65. The van der Waals surface area contributed by atoms with Gasteiger partial charge in [0, 0.05) is 29.2 Å². The molecule has 0 aromatic heterocycles. The van der Waals surface area contributed by atoms with E-state index < -0.39 is 5.66 Å². The third kappa shape index (κ3) is 2.29. The van der Waals surface area contributed by atoms with E-state index in [9.17, 15) is 0 Å². The van der Waals surface area contributed by atoms with E-state index in [0.29, 0.717) is 11.8 Å². The molecule has 2 N–H and O–H groups in total. The summed E-state index contributed by atoms with van der Waals surface area (Å²) in [5.41, 5.74) is 7.37. The Balaban J connectivity index is 2.09. The lowest BCUT2D eigenvalue weighted by atomic mass is 9.82. The predicted octanol–water partition coefficient (Wildman–Crippen LogP) is 2.86. The molecule has 20 heavy (non-hydrogen) atoms. The van der Waals surface area contributed by atoms with Gasteiger partial charge in [-0.3, -0.25) is 4.99 Å². The Morgan fingerprint density at radius 3 is 2.65 bits per heavy atom. The van der Waals surface area contributed by atoms with Crippen LogP contribution in [-0.2, 0) is 10.4 Å². The second-order valence-corrected chi connectivity index (χ2v) is 6.23. The number of amidine groups is 1. The van der Waals surface area contributed by atoms with Gasteiger partial charge in [0.2, 0.25) is 0 Å². The molecule has 0 amide bonds. The molecule has 1 fully saturated rings. The molecule has 1 atom stereocenters. The fourth-order valence-corrected chi connectivity index (χ4v) is 3.37. The molecule has 1 aromatic rings. The van der Waals surface area contributed by atoms with Crippen molar-refractivity contribution < 1.29 is 4.74 Å². The van der Waals surface area contributed by atoms with Gasteiger partial charge in [-0.05, 0) is 31.9 Å². The fourth-order valence-electron chi connectivity index (χ4n) is 2.97. The molecule has 4 nitrogen and oxygen atoms in total. The lowest BCUT2D eigenvalue weighted by Crippen LogP contribution is -2.35. The van der Waals surface area contributed by atoms with Gasteiger partial charge in [-0.2, -0.15) is 0 Å². The molecule has 0 saturated carbocycles. The predicted molar refractivity (Wildman–Crippen MR) is 84.1 cm³/mol. The first-order valence-corrected chi connectivity index (χ1v) is 7.67. The zero-order valence-electron chi connectivity index (χ0n) is 11.5. The molecule has 0 spiro atoms. The van der Waals surface area contributed by atoms with Gasteiger partial charge < -0.3 is 10.5 Å². The van der Waals surface area contributed by atoms with Crippen LogP contribution in [0.3, 0.4) is 0 Å². The summed E-state index contributed by atoms with van der Waals surface area (Å²) in [5.74, 6) is 0.887. The van der Waals surface area contributed by atoms with Crippen molar-refractivity contribution in [1.29, 1.82) is 0 Å². The summed E-state index contributed by atoms with van der Waals surface area (Å²) in [7, 11) is 0. The topological polar surface area (TPSA) is 60.0 Å². The van der Waals surface area contributed by atoms with E-state index in [1.165, 1.54) is 0 Å². The second kappa shape index (κ2) is 5.30. The Bertz CT molecular complexity index is 558. The third-order valence-electron chi connectivity index (χ3n) is 4.04. The van der Waals surface area contributed by atoms with Crippen LogP contribution in [0.25, 0.3) is 0 Å². The second-order valence-electron chi connectivity index (χ2n) is 5.32. The summed E-state index contributed by atoms with van der Waals surface area (Å²) < 4.78 is 6.52. The molecule has 0 radical (unpaired) electrons. The molecule has 1 aromatic carbocycles. The van der Waals surface area contributed by atoms with Gasteiger partial charge in [-0.15, -0.1) is 0 Å². The van der Waals surface area contributed by atoms with E-state index >= 15 is 0 Å². The summed E-state index contributed by atoms with van der Waals surface area (Å²) in [6.45, 7) is 3.46. The van der Waals surface area contributed by atoms with Crippen LogP contribution in [0, 0.1) is 5.92 Å². The molecule has 3 rings (SSSR count). The van der Waals surface area contributed by atoms with Crippen molar-refractivity contribution >= 4 is 27.5 Å². The number of aliphatic imine (C=N–C) groups is 2. The number of nitrogens with two attached hydrogens (primary N) is 1. The van der Waals surface area contributed by atoms with Crippen LogP contribution in [0.2, 0.25) is 0 Å². The molecule has 2 aliphatic heterocycles. The van der Waals surface area contributed by atoms with Gasteiger partial charge in [0.1, 0.15) is 5.84 Å². The average molecular weight is 336 g/mol. The maximum atomic E-state index is 6.01. The van der Waals surface area contributed by atoms with E-state index in [2.05, 4.69) is 28.1 Å². The zero-order valence-corrected chi connectivity index (χ0v) is 13.1. The molecule has 1 saturated heterocycles. The van der Waals surface area contributed by atoms with E-state index in [1.54, 1.807) is 0 Å². The fraction of sp³-hybridized carbons (Fsp3) is 0.467. The van der Waals surface area contributed by atoms with Crippen LogP contribution in [0.1, 0.15) is 25.3 Å². The number of benzene rings is 1. The van der Waals surface area contributed by atoms with E-state index in [4.69, 9.17) is 20.5 Å². The average Bonchev–Trinajstić information content (AvgIpc) is 2.77. The highest BCUT2D eigenvalue weighted by Crippen LogP contribution is 2.43. The molecular formula is C15H18BrN3O. The Hall–Kier alpha value is -1.20. The Morgan fingerprint density at radius 1 is 1.30 bits per heavy atom. The lowest BCUT2D eigenvalue weighted by Gasteiger charge is -2.35. The number of nitrogens with zero attached hydrogens (tertiary/aromatic N) is 2.